The molecule has 1 heterocycles. The van der Waals surface area contributed by atoms with Crippen LogP contribution in [-0.4, -0.2) is 22.7 Å². The SMILES string of the molecule is CCn1nc(C)c(Cl)c1CC(=O)c1cccc(OC)c1N. The number of ketones is 1. The van der Waals surface area contributed by atoms with Gasteiger partial charge in [0, 0.05) is 12.1 Å². The monoisotopic (exact) mass is 307 g/mol. The van der Waals surface area contributed by atoms with E-state index in [1.165, 1.54) is 7.11 Å². The van der Waals surface area contributed by atoms with Gasteiger partial charge in [0.2, 0.25) is 0 Å². The minimum Gasteiger partial charge on any atom is -0.495 e. The van der Waals surface area contributed by atoms with Gasteiger partial charge in [-0.05, 0) is 26.0 Å². The van der Waals surface area contributed by atoms with Crippen molar-refractivity contribution in [2.24, 2.45) is 0 Å². The van der Waals surface area contributed by atoms with Gasteiger partial charge in [0.25, 0.3) is 0 Å². The molecule has 0 radical (unpaired) electrons. The Bertz CT molecular complexity index is 680. The molecule has 6 heteroatoms. The predicted molar refractivity (Wildman–Crippen MR) is 83.1 cm³/mol. The summed E-state index contributed by atoms with van der Waals surface area (Å²) in [4.78, 5) is 12.5. The smallest absolute Gasteiger partial charge is 0.171 e. The molecule has 21 heavy (non-hydrogen) atoms. The first kappa shape index (κ1) is 15.4. The fraction of sp³-hybridized carbons (Fsp3) is 0.333. The number of halogens is 1. The summed E-state index contributed by atoms with van der Waals surface area (Å²) >= 11 is 6.23. The maximum absolute atomic E-state index is 12.5. The van der Waals surface area contributed by atoms with Crippen molar-refractivity contribution in [2.45, 2.75) is 26.8 Å². The second kappa shape index (κ2) is 6.18. The molecule has 0 saturated carbocycles. The van der Waals surface area contributed by atoms with Crippen LogP contribution in [0, 0.1) is 6.92 Å². The lowest BCUT2D eigenvalue weighted by Crippen LogP contribution is -2.12. The average molecular weight is 308 g/mol. The molecule has 2 aromatic rings. The van der Waals surface area contributed by atoms with Gasteiger partial charge in [0.05, 0.1) is 35.6 Å². The topological polar surface area (TPSA) is 70.1 Å². The van der Waals surface area contributed by atoms with E-state index < -0.39 is 0 Å². The number of anilines is 1. The highest BCUT2D eigenvalue weighted by atomic mass is 35.5. The zero-order chi connectivity index (χ0) is 15.6. The standard InChI is InChI=1S/C15H18ClN3O2/c1-4-19-11(14(16)9(2)18-19)8-12(20)10-6-5-7-13(21-3)15(10)17/h5-7H,4,8,17H2,1-3H3. The third-order valence-corrected chi connectivity index (χ3v) is 3.86. The number of hydrogen-bond acceptors (Lipinski definition) is 4. The van der Waals surface area contributed by atoms with Gasteiger partial charge < -0.3 is 10.5 Å². The zero-order valence-electron chi connectivity index (χ0n) is 12.3. The largest absolute Gasteiger partial charge is 0.495 e. The van der Waals surface area contributed by atoms with Gasteiger partial charge in [-0.1, -0.05) is 17.7 Å². The Labute approximate surface area is 128 Å². The number of methoxy groups -OCH3 is 1. The molecule has 5 nitrogen and oxygen atoms in total. The Balaban J connectivity index is 2.35. The van der Waals surface area contributed by atoms with Crippen LogP contribution in [0.15, 0.2) is 18.2 Å². The van der Waals surface area contributed by atoms with Crippen LogP contribution in [0.3, 0.4) is 0 Å². The minimum atomic E-state index is -0.108. The molecule has 0 atom stereocenters. The van der Waals surface area contributed by atoms with Gasteiger partial charge in [-0.25, -0.2) is 0 Å². The fourth-order valence-electron chi connectivity index (χ4n) is 2.25. The molecule has 2 rings (SSSR count). The molecule has 1 aromatic carbocycles. The lowest BCUT2D eigenvalue weighted by atomic mass is 10.0. The highest BCUT2D eigenvalue weighted by Gasteiger charge is 2.19. The van der Waals surface area contributed by atoms with E-state index in [-0.39, 0.29) is 12.2 Å². The van der Waals surface area contributed by atoms with Gasteiger partial charge in [0.15, 0.2) is 5.78 Å². The van der Waals surface area contributed by atoms with E-state index in [9.17, 15) is 4.79 Å². The molecule has 0 aliphatic carbocycles. The zero-order valence-corrected chi connectivity index (χ0v) is 13.1. The quantitative estimate of drug-likeness (QED) is 0.681. The number of aryl methyl sites for hydroxylation is 2. The summed E-state index contributed by atoms with van der Waals surface area (Å²) in [5, 5.41) is 4.84. The molecule has 0 bridgehead atoms. The average Bonchev–Trinajstić information content (AvgIpc) is 2.75. The Morgan fingerprint density at radius 2 is 2.19 bits per heavy atom. The molecule has 0 amide bonds. The first-order valence-corrected chi connectivity index (χ1v) is 7.04. The molecule has 0 saturated heterocycles. The lowest BCUT2D eigenvalue weighted by Gasteiger charge is -2.10. The maximum atomic E-state index is 12.5. The number of benzene rings is 1. The lowest BCUT2D eigenvalue weighted by molar-refractivity contribution is 0.0991. The van der Waals surface area contributed by atoms with E-state index in [0.29, 0.717) is 34.3 Å². The van der Waals surface area contributed by atoms with Crippen molar-refractivity contribution >= 4 is 23.1 Å². The second-order valence-electron chi connectivity index (χ2n) is 4.68. The van der Waals surface area contributed by atoms with Crippen molar-refractivity contribution in [3.8, 4) is 5.75 Å². The van der Waals surface area contributed by atoms with E-state index in [1.54, 1.807) is 22.9 Å². The number of rotatable bonds is 5. The van der Waals surface area contributed by atoms with Crippen LogP contribution in [0.2, 0.25) is 5.02 Å². The van der Waals surface area contributed by atoms with E-state index in [2.05, 4.69) is 5.10 Å². The van der Waals surface area contributed by atoms with E-state index in [1.807, 2.05) is 13.8 Å². The fourth-order valence-corrected chi connectivity index (χ4v) is 2.45. The highest BCUT2D eigenvalue weighted by molar-refractivity contribution is 6.32. The van der Waals surface area contributed by atoms with Crippen LogP contribution in [0.5, 0.6) is 5.75 Å². The third-order valence-electron chi connectivity index (χ3n) is 3.37. The van der Waals surface area contributed by atoms with Crippen molar-refractivity contribution in [1.29, 1.82) is 0 Å². The first-order valence-electron chi connectivity index (χ1n) is 6.67. The van der Waals surface area contributed by atoms with Gasteiger partial charge in [-0.3, -0.25) is 9.48 Å². The van der Waals surface area contributed by atoms with Crippen molar-refractivity contribution in [1.82, 2.24) is 9.78 Å². The molecule has 0 fully saturated rings. The number of carbonyl (C=O) groups excluding carboxylic acids is 1. The Hall–Kier alpha value is -2.01. The summed E-state index contributed by atoms with van der Waals surface area (Å²) in [6.07, 6.45) is 0.158. The molecular weight excluding hydrogens is 290 g/mol. The summed E-state index contributed by atoms with van der Waals surface area (Å²) in [7, 11) is 1.52. The molecule has 0 aliphatic rings. The number of nitrogens with two attached hydrogens (primary N) is 1. The van der Waals surface area contributed by atoms with Crippen molar-refractivity contribution in [3.63, 3.8) is 0 Å². The number of nitrogen functional groups attached to an aromatic ring is 1. The Kier molecular flexibility index (Phi) is 4.53. The summed E-state index contributed by atoms with van der Waals surface area (Å²) < 4.78 is 6.88. The van der Waals surface area contributed by atoms with Crippen LogP contribution in [-0.2, 0) is 13.0 Å². The molecular formula is C15H18ClN3O2. The highest BCUT2D eigenvalue weighted by Crippen LogP contribution is 2.27. The molecule has 112 valence electrons. The molecule has 0 aliphatic heterocycles. The minimum absolute atomic E-state index is 0.108. The molecule has 1 aromatic heterocycles. The first-order chi connectivity index (χ1) is 9.99. The van der Waals surface area contributed by atoms with Crippen LogP contribution >= 0.6 is 11.6 Å². The van der Waals surface area contributed by atoms with E-state index >= 15 is 0 Å². The number of hydrogen-bond donors (Lipinski definition) is 1. The molecule has 0 spiro atoms. The third kappa shape index (κ3) is 2.88. The maximum Gasteiger partial charge on any atom is 0.171 e. The van der Waals surface area contributed by atoms with Crippen molar-refractivity contribution in [2.75, 3.05) is 12.8 Å². The van der Waals surface area contributed by atoms with Gasteiger partial charge in [-0.2, -0.15) is 5.10 Å². The van der Waals surface area contributed by atoms with Gasteiger partial charge in [-0.15, -0.1) is 0 Å². The van der Waals surface area contributed by atoms with Crippen LogP contribution in [0.1, 0.15) is 28.7 Å². The van der Waals surface area contributed by atoms with Crippen LogP contribution in [0.25, 0.3) is 0 Å². The number of nitrogens with zero attached hydrogens (tertiary/aromatic N) is 2. The number of Topliss-reactive ketones (excluding diaryl/α,β-unsaturated/α-hetero) is 1. The number of ether oxygens (including phenoxy) is 1. The summed E-state index contributed by atoms with van der Waals surface area (Å²) in [6.45, 7) is 4.43. The molecule has 0 unspecified atom stereocenters. The van der Waals surface area contributed by atoms with Crippen molar-refractivity contribution in [3.05, 3.63) is 40.2 Å². The Morgan fingerprint density at radius 1 is 1.48 bits per heavy atom. The summed E-state index contributed by atoms with van der Waals surface area (Å²) in [5.41, 5.74) is 8.18. The van der Waals surface area contributed by atoms with Crippen LogP contribution < -0.4 is 10.5 Å². The number of aromatic nitrogens is 2. The normalized spacial score (nSPS) is 10.7. The summed E-state index contributed by atoms with van der Waals surface area (Å²) in [6, 6.07) is 5.15. The van der Waals surface area contributed by atoms with E-state index in [4.69, 9.17) is 22.1 Å². The Morgan fingerprint density at radius 3 is 2.81 bits per heavy atom. The predicted octanol–water partition coefficient (Wildman–Crippen LogP) is 2.88. The summed E-state index contributed by atoms with van der Waals surface area (Å²) in [5.74, 6) is 0.384. The van der Waals surface area contributed by atoms with E-state index in [0.717, 1.165) is 5.69 Å². The second-order valence-corrected chi connectivity index (χ2v) is 5.06. The van der Waals surface area contributed by atoms with Crippen LogP contribution in [0.4, 0.5) is 5.69 Å². The molecule has 2 N–H and O–H groups in total. The van der Waals surface area contributed by atoms with Crippen molar-refractivity contribution < 1.29 is 9.53 Å². The number of carbonyl (C=O) groups is 1. The van der Waals surface area contributed by atoms with Gasteiger partial charge in [0.1, 0.15) is 5.75 Å². The number of para-hydroxylation sites is 1. The van der Waals surface area contributed by atoms with Gasteiger partial charge >= 0.3 is 0 Å².